The van der Waals surface area contributed by atoms with Gasteiger partial charge in [0.25, 0.3) is 0 Å². The van der Waals surface area contributed by atoms with Crippen molar-refractivity contribution in [1.29, 1.82) is 0 Å². The van der Waals surface area contributed by atoms with Crippen molar-refractivity contribution in [2.45, 2.75) is 13.1 Å². The van der Waals surface area contributed by atoms with Crippen molar-refractivity contribution < 1.29 is 0 Å². The molecule has 0 fully saturated rings. The summed E-state index contributed by atoms with van der Waals surface area (Å²) in [6.07, 6.45) is 1.72. The molecule has 2 nitrogen and oxygen atoms in total. The summed E-state index contributed by atoms with van der Waals surface area (Å²) in [5.41, 5.74) is 2.17. The summed E-state index contributed by atoms with van der Waals surface area (Å²) < 4.78 is 0. The van der Waals surface area contributed by atoms with Crippen molar-refractivity contribution in [3.05, 3.63) is 71.8 Å². The highest BCUT2D eigenvalue weighted by Gasteiger charge is 2.07. The van der Waals surface area contributed by atoms with Crippen LogP contribution in [0.5, 0.6) is 0 Å². The van der Waals surface area contributed by atoms with Gasteiger partial charge in [0.1, 0.15) is 6.17 Å². The summed E-state index contributed by atoms with van der Waals surface area (Å²) in [5.74, 6) is 0. The lowest BCUT2D eigenvalue weighted by Gasteiger charge is -2.15. The minimum absolute atomic E-state index is 0.140. The zero-order valence-corrected chi connectivity index (χ0v) is 11.6. The lowest BCUT2D eigenvalue weighted by atomic mass is 10.1. The summed E-state index contributed by atoms with van der Waals surface area (Å²) in [6.45, 7) is 1.86. The molecule has 3 heteroatoms. The highest BCUT2D eigenvalue weighted by Crippen LogP contribution is 2.14. The van der Waals surface area contributed by atoms with Gasteiger partial charge in [0.2, 0.25) is 0 Å². The maximum atomic E-state index is 5.12. The number of hydrogen-bond acceptors (Lipinski definition) is 2. The first-order valence-electron chi connectivity index (χ1n) is 6.16. The van der Waals surface area contributed by atoms with Crippen LogP contribution in [0.4, 0.5) is 0 Å². The Morgan fingerprint density at radius 2 is 1.63 bits per heavy atom. The van der Waals surface area contributed by atoms with Crippen molar-refractivity contribution in [1.82, 2.24) is 5.32 Å². The quantitative estimate of drug-likeness (QED) is 0.675. The number of nitrogens with zero attached hydrogens (tertiary/aromatic N) is 1. The molecule has 0 spiro atoms. The molecule has 0 saturated carbocycles. The van der Waals surface area contributed by atoms with Crippen LogP contribution in [0.15, 0.2) is 65.7 Å². The molecule has 0 aromatic heterocycles. The first kappa shape index (κ1) is 13.4. The summed E-state index contributed by atoms with van der Waals surface area (Å²) in [7, 11) is 0. The van der Waals surface area contributed by atoms with E-state index in [0.29, 0.717) is 0 Å². The van der Waals surface area contributed by atoms with E-state index in [9.17, 15) is 0 Å². The second-order valence-corrected chi connectivity index (χ2v) is 4.81. The third kappa shape index (κ3) is 4.30. The highest BCUT2D eigenvalue weighted by atomic mass is 32.1. The van der Waals surface area contributed by atoms with E-state index >= 15 is 0 Å². The Morgan fingerprint density at radius 3 is 2.21 bits per heavy atom. The van der Waals surface area contributed by atoms with Gasteiger partial charge in [0.05, 0.1) is 4.99 Å². The lowest BCUT2D eigenvalue weighted by Crippen LogP contribution is -2.23. The van der Waals surface area contributed by atoms with Gasteiger partial charge < -0.3 is 5.32 Å². The molecule has 0 bridgehead atoms. The molecule has 2 aromatic rings. The lowest BCUT2D eigenvalue weighted by molar-refractivity contribution is 0.692. The van der Waals surface area contributed by atoms with Crippen molar-refractivity contribution in [2.75, 3.05) is 0 Å². The first-order chi connectivity index (χ1) is 9.25. The monoisotopic (exact) mass is 268 g/mol. The molecule has 1 unspecified atom stereocenters. The molecule has 96 valence electrons. The fourth-order valence-corrected chi connectivity index (χ4v) is 1.85. The molecule has 1 N–H and O–H groups in total. The van der Waals surface area contributed by atoms with E-state index < -0.39 is 0 Å². The smallest absolute Gasteiger partial charge is 0.145 e. The Morgan fingerprint density at radius 1 is 1.05 bits per heavy atom. The van der Waals surface area contributed by atoms with Crippen LogP contribution in [0.1, 0.15) is 24.2 Å². The second-order valence-electron chi connectivity index (χ2n) is 4.20. The minimum Gasteiger partial charge on any atom is -0.355 e. The van der Waals surface area contributed by atoms with Crippen LogP contribution >= 0.6 is 12.2 Å². The van der Waals surface area contributed by atoms with E-state index in [-0.39, 0.29) is 6.17 Å². The van der Waals surface area contributed by atoms with E-state index in [1.54, 1.807) is 0 Å². The van der Waals surface area contributed by atoms with Crippen LogP contribution in [-0.2, 0) is 0 Å². The topological polar surface area (TPSA) is 24.4 Å². The molecule has 0 saturated heterocycles. The number of hydrogen-bond donors (Lipinski definition) is 1. The average Bonchev–Trinajstić information content (AvgIpc) is 2.45. The molecular formula is C16H16N2S. The number of benzene rings is 2. The van der Waals surface area contributed by atoms with E-state index in [1.165, 1.54) is 0 Å². The summed E-state index contributed by atoms with van der Waals surface area (Å²) in [4.78, 5) is 5.32. The van der Waals surface area contributed by atoms with Gasteiger partial charge in [0.15, 0.2) is 0 Å². The number of nitrogens with one attached hydrogen (secondary N) is 1. The van der Waals surface area contributed by atoms with Gasteiger partial charge in [0, 0.05) is 6.21 Å². The van der Waals surface area contributed by atoms with Gasteiger partial charge in [-0.2, -0.15) is 0 Å². The molecule has 19 heavy (non-hydrogen) atoms. The predicted molar refractivity (Wildman–Crippen MR) is 84.6 cm³/mol. The minimum atomic E-state index is -0.140. The summed E-state index contributed by atoms with van der Waals surface area (Å²) >= 11 is 5.12. The Bertz CT molecular complexity index is 549. The van der Waals surface area contributed by atoms with Crippen LogP contribution in [0.2, 0.25) is 0 Å². The number of rotatable bonds is 4. The van der Waals surface area contributed by atoms with E-state index in [0.717, 1.165) is 16.1 Å². The van der Waals surface area contributed by atoms with Crippen molar-refractivity contribution in [3.63, 3.8) is 0 Å². The van der Waals surface area contributed by atoms with Crippen LogP contribution < -0.4 is 5.32 Å². The first-order valence-corrected chi connectivity index (χ1v) is 6.57. The van der Waals surface area contributed by atoms with Gasteiger partial charge in [-0.15, -0.1) is 0 Å². The maximum Gasteiger partial charge on any atom is 0.145 e. The average molecular weight is 268 g/mol. The summed E-state index contributed by atoms with van der Waals surface area (Å²) in [5, 5.41) is 3.20. The zero-order valence-electron chi connectivity index (χ0n) is 10.8. The molecule has 2 aromatic carbocycles. The molecule has 2 rings (SSSR count). The van der Waals surface area contributed by atoms with Crippen LogP contribution in [-0.4, -0.2) is 11.2 Å². The highest BCUT2D eigenvalue weighted by molar-refractivity contribution is 7.80. The molecule has 0 aliphatic carbocycles. The van der Waals surface area contributed by atoms with Gasteiger partial charge in [-0.05, 0) is 18.1 Å². The van der Waals surface area contributed by atoms with Gasteiger partial charge in [-0.1, -0.05) is 72.9 Å². The molecular weight excluding hydrogens is 252 g/mol. The van der Waals surface area contributed by atoms with Crippen molar-refractivity contribution in [2.24, 2.45) is 4.99 Å². The molecule has 1 atom stereocenters. The second kappa shape index (κ2) is 6.81. The largest absolute Gasteiger partial charge is 0.355 e. The molecule has 0 radical (unpaired) electrons. The fourth-order valence-electron chi connectivity index (χ4n) is 1.73. The van der Waals surface area contributed by atoms with Gasteiger partial charge in [-0.25, -0.2) is 0 Å². The van der Waals surface area contributed by atoms with E-state index in [4.69, 9.17) is 12.2 Å². The normalized spacial score (nSPS) is 12.3. The number of aliphatic imine (C=N–C) groups is 1. The Labute approximate surface area is 119 Å². The van der Waals surface area contributed by atoms with Gasteiger partial charge in [-0.3, -0.25) is 4.99 Å². The van der Waals surface area contributed by atoms with Crippen LogP contribution in [0.3, 0.4) is 0 Å². The van der Waals surface area contributed by atoms with Crippen molar-refractivity contribution in [3.8, 4) is 0 Å². The van der Waals surface area contributed by atoms with Gasteiger partial charge >= 0.3 is 0 Å². The number of thiocarbonyl (C=S) groups is 1. The Kier molecular flexibility index (Phi) is 4.81. The van der Waals surface area contributed by atoms with Crippen LogP contribution in [0.25, 0.3) is 0 Å². The third-order valence-corrected chi connectivity index (χ3v) is 2.75. The molecule has 0 aliphatic heterocycles. The zero-order chi connectivity index (χ0) is 13.5. The Balaban J connectivity index is 2.19. The van der Waals surface area contributed by atoms with E-state index in [2.05, 4.69) is 10.3 Å². The molecule has 0 amide bonds. The van der Waals surface area contributed by atoms with Crippen LogP contribution in [0, 0.1) is 0 Å². The molecule has 0 aliphatic rings. The van der Waals surface area contributed by atoms with E-state index in [1.807, 2.05) is 73.8 Å². The maximum absolute atomic E-state index is 5.12. The Hall–Kier alpha value is -2.00. The summed E-state index contributed by atoms with van der Waals surface area (Å²) in [6, 6.07) is 20.1. The SMILES string of the molecule is CC(=S)NC(/N=C/c1ccccc1)c1ccccc1. The van der Waals surface area contributed by atoms with Crippen molar-refractivity contribution >= 4 is 23.4 Å². The third-order valence-electron chi connectivity index (χ3n) is 2.63. The fraction of sp³-hybridized carbons (Fsp3) is 0.125. The molecule has 0 heterocycles. The predicted octanol–water partition coefficient (Wildman–Crippen LogP) is 3.74. The standard InChI is InChI=1S/C16H16N2S/c1-13(19)18-16(15-10-6-3-7-11-15)17-12-14-8-4-2-5-9-14/h2-12,16H,1H3,(H,18,19)/b17-12+.